The van der Waals surface area contributed by atoms with E-state index in [0.717, 1.165) is 46.9 Å². The summed E-state index contributed by atoms with van der Waals surface area (Å²) in [5.41, 5.74) is 2.96. The molecule has 0 saturated carbocycles. The summed E-state index contributed by atoms with van der Waals surface area (Å²) < 4.78 is 44.7. The predicted molar refractivity (Wildman–Crippen MR) is 136 cm³/mol. The SMILES string of the molecule is COc1ccc2cc(-c3ccnc(CCc4cccc(C(F)(F)F)c4)n3)cc(N3CCCCC3)c2c1. The lowest BCUT2D eigenvalue weighted by Crippen LogP contribution is -2.29. The maximum Gasteiger partial charge on any atom is 0.416 e. The van der Waals surface area contributed by atoms with Crippen molar-refractivity contribution >= 4 is 16.5 Å². The van der Waals surface area contributed by atoms with Crippen molar-refractivity contribution in [1.29, 1.82) is 0 Å². The largest absolute Gasteiger partial charge is 0.497 e. The zero-order valence-electron chi connectivity index (χ0n) is 20.2. The summed E-state index contributed by atoms with van der Waals surface area (Å²) in [6.07, 6.45) is 1.86. The number of hydrogen-bond acceptors (Lipinski definition) is 4. The molecule has 0 atom stereocenters. The smallest absolute Gasteiger partial charge is 0.416 e. The Morgan fingerprint density at radius 3 is 2.53 bits per heavy atom. The van der Waals surface area contributed by atoms with Gasteiger partial charge in [0.15, 0.2) is 0 Å². The van der Waals surface area contributed by atoms with Gasteiger partial charge < -0.3 is 9.64 Å². The molecule has 1 aromatic heterocycles. The summed E-state index contributed by atoms with van der Waals surface area (Å²) in [6.45, 7) is 2.03. The van der Waals surface area contributed by atoms with Crippen LogP contribution in [0.15, 0.2) is 66.9 Å². The summed E-state index contributed by atoms with van der Waals surface area (Å²) in [5.74, 6) is 1.44. The fourth-order valence-electron chi connectivity index (χ4n) is 4.83. The van der Waals surface area contributed by atoms with Gasteiger partial charge in [-0.2, -0.15) is 13.2 Å². The van der Waals surface area contributed by atoms with Crippen molar-refractivity contribution in [2.45, 2.75) is 38.3 Å². The Morgan fingerprint density at radius 2 is 1.75 bits per heavy atom. The molecule has 1 saturated heterocycles. The summed E-state index contributed by atoms with van der Waals surface area (Å²) >= 11 is 0. The number of hydrogen-bond donors (Lipinski definition) is 0. The minimum absolute atomic E-state index is 0.434. The average Bonchev–Trinajstić information content (AvgIpc) is 2.91. The summed E-state index contributed by atoms with van der Waals surface area (Å²) in [4.78, 5) is 11.6. The highest BCUT2D eigenvalue weighted by molar-refractivity contribution is 5.98. The van der Waals surface area contributed by atoms with E-state index in [1.807, 2.05) is 12.1 Å². The van der Waals surface area contributed by atoms with Crippen molar-refractivity contribution in [2.24, 2.45) is 0 Å². The number of anilines is 1. The van der Waals surface area contributed by atoms with Crippen molar-refractivity contribution in [2.75, 3.05) is 25.1 Å². The molecular formula is C29H28F3N3O. The number of benzene rings is 3. The Labute approximate surface area is 208 Å². The Bertz CT molecular complexity index is 1360. The van der Waals surface area contributed by atoms with Gasteiger partial charge in [0.05, 0.1) is 18.4 Å². The number of rotatable bonds is 6. The fraction of sp³-hybridized carbons (Fsp3) is 0.310. The van der Waals surface area contributed by atoms with Crippen LogP contribution in [0.2, 0.25) is 0 Å². The monoisotopic (exact) mass is 491 g/mol. The van der Waals surface area contributed by atoms with E-state index in [0.29, 0.717) is 24.2 Å². The van der Waals surface area contributed by atoms with Gasteiger partial charge in [0, 0.05) is 42.3 Å². The number of aryl methyl sites for hydroxylation is 2. The van der Waals surface area contributed by atoms with Crippen molar-refractivity contribution in [1.82, 2.24) is 9.97 Å². The average molecular weight is 492 g/mol. The number of fused-ring (bicyclic) bond motifs is 1. The van der Waals surface area contributed by atoms with Gasteiger partial charge in [-0.1, -0.05) is 24.3 Å². The van der Waals surface area contributed by atoms with Crippen LogP contribution in [-0.4, -0.2) is 30.2 Å². The van der Waals surface area contributed by atoms with E-state index in [-0.39, 0.29) is 0 Å². The first-order chi connectivity index (χ1) is 17.4. The lowest BCUT2D eigenvalue weighted by molar-refractivity contribution is -0.137. The van der Waals surface area contributed by atoms with Gasteiger partial charge in [0.1, 0.15) is 11.6 Å². The first-order valence-corrected chi connectivity index (χ1v) is 12.3. The lowest BCUT2D eigenvalue weighted by Gasteiger charge is -2.30. The molecular weight excluding hydrogens is 463 g/mol. The molecule has 1 aliphatic rings. The van der Waals surface area contributed by atoms with E-state index in [2.05, 4.69) is 34.1 Å². The van der Waals surface area contributed by atoms with Gasteiger partial charge in [-0.25, -0.2) is 9.97 Å². The van der Waals surface area contributed by atoms with Crippen molar-refractivity contribution in [3.05, 3.63) is 83.8 Å². The number of methoxy groups -OCH3 is 1. The second kappa shape index (κ2) is 10.2. The number of aromatic nitrogens is 2. The van der Waals surface area contributed by atoms with E-state index in [1.54, 1.807) is 19.4 Å². The highest BCUT2D eigenvalue weighted by Gasteiger charge is 2.30. The molecule has 1 fully saturated rings. The zero-order chi connectivity index (χ0) is 25.1. The van der Waals surface area contributed by atoms with Gasteiger partial charge in [-0.3, -0.25) is 0 Å². The van der Waals surface area contributed by atoms with Crippen LogP contribution in [0.1, 0.15) is 36.2 Å². The van der Waals surface area contributed by atoms with Crippen LogP contribution in [-0.2, 0) is 19.0 Å². The van der Waals surface area contributed by atoms with Gasteiger partial charge in [0.2, 0.25) is 0 Å². The molecule has 5 rings (SSSR count). The molecule has 0 N–H and O–H groups in total. The molecule has 0 unspecified atom stereocenters. The molecule has 0 bridgehead atoms. The Hall–Kier alpha value is -3.61. The third-order valence-electron chi connectivity index (χ3n) is 6.73. The van der Waals surface area contributed by atoms with Crippen molar-refractivity contribution in [3.8, 4) is 17.0 Å². The van der Waals surface area contributed by atoms with Gasteiger partial charge in [-0.05, 0) is 73.0 Å². The van der Waals surface area contributed by atoms with Crippen molar-refractivity contribution in [3.63, 3.8) is 0 Å². The minimum Gasteiger partial charge on any atom is -0.497 e. The second-order valence-corrected chi connectivity index (χ2v) is 9.19. The molecule has 1 aliphatic heterocycles. The molecule has 186 valence electrons. The third kappa shape index (κ3) is 5.30. The van der Waals surface area contributed by atoms with Gasteiger partial charge >= 0.3 is 6.18 Å². The van der Waals surface area contributed by atoms with Crippen molar-refractivity contribution < 1.29 is 17.9 Å². The molecule has 0 aliphatic carbocycles. The van der Waals surface area contributed by atoms with E-state index in [1.165, 1.54) is 37.1 Å². The van der Waals surface area contributed by atoms with Gasteiger partial charge in [0.25, 0.3) is 0 Å². The summed E-state index contributed by atoms with van der Waals surface area (Å²) in [6, 6.07) is 17.8. The Morgan fingerprint density at radius 1 is 0.917 bits per heavy atom. The van der Waals surface area contributed by atoms with E-state index >= 15 is 0 Å². The zero-order valence-corrected chi connectivity index (χ0v) is 20.2. The molecule has 36 heavy (non-hydrogen) atoms. The maximum atomic E-state index is 13.1. The summed E-state index contributed by atoms with van der Waals surface area (Å²) in [7, 11) is 1.68. The number of piperidine rings is 1. The first-order valence-electron chi connectivity index (χ1n) is 12.3. The maximum absolute atomic E-state index is 13.1. The van der Waals surface area contributed by atoms with Crippen LogP contribution in [0.3, 0.4) is 0 Å². The number of alkyl halides is 3. The van der Waals surface area contributed by atoms with Crippen LogP contribution in [0, 0.1) is 0 Å². The van der Waals surface area contributed by atoms with Crippen LogP contribution < -0.4 is 9.64 Å². The Balaban J connectivity index is 1.45. The molecule has 0 spiro atoms. The van der Waals surface area contributed by atoms with Crippen LogP contribution in [0.5, 0.6) is 5.75 Å². The minimum atomic E-state index is -4.35. The molecule has 3 aromatic carbocycles. The van der Waals surface area contributed by atoms with Gasteiger partial charge in [-0.15, -0.1) is 0 Å². The molecule has 4 aromatic rings. The van der Waals surface area contributed by atoms with E-state index in [9.17, 15) is 13.2 Å². The van der Waals surface area contributed by atoms with Crippen LogP contribution in [0.25, 0.3) is 22.0 Å². The quantitative estimate of drug-likeness (QED) is 0.288. The highest BCUT2D eigenvalue weighted by atomic mass is 19.4. The van der Waals surface area contributed by atoms with E-state index < -0.39 is 11.7 Å². The second-order valence-electron chi connectivity index (χ2n) is 9.19. The Kier molecular flexibility index (Phi) is 6.81. The van der Waals surface area contributed by atoms with E-state index in [4.69, 9.17) is 9.72 Å². The lowest BCUT2D eigenvalue weighted by atomic mass is 10.00. The number of nitrogens with zero attached hydrogens (tertiary/aromatic N) is 3. The number of ether oxygens (including phenoxy) is 1. The fourth-order valence-corrected chi connectivity index (χ4v) is 4.83. The molecule has 4 nitrogen and oxygen atoms in total. The predicted octanol–water partition coefficient (Wildman–Crippen LogP) is 7.10. The first kappa shape index (κ1) is 24.1. The molecule has 2 heterocycles. The highest BCUT2D eigenvalue weighted by Crippen LogP contribution is 2.36. The molecule has 0 amide bonds. The summed E-state index contributed by atoms with van der Waals surface area (Å²) in [5, 5.41) is 2.26. The standard InChI is InChI=1S/C29H28F3N3O/c1-36-24-10-9-21-17-22(18-27(25(21)19-24)35-14-3-2-4-15-35)26-12-13-33-28(34-26)11-8-20-6-5-7-23(16-20)29(30,31)32/h5-7,9-10,12-13,16-19H,2-4,8,11,14-15H2,1H3. The number of halogens is 3. The van der Waals surface area contributed by atoms with Crippen LogP contribution >= 0.6 is 0 Å². The normalized spacial score (nSPS) is 14.3. The topological polar surface area (TPSA) is 38.3 Å². The third-order valence-corrected chi connectivity index (χ3v) is 6.73. The molecule has 7 heteroatoms. The molecule has 0 radical (unpaired) electrons. The van der Waals surface area contributed by atoms with Crippen LogP contribution in [0.4, 0.5) is 18.9 Å².